The van der Waals surface area contributed by atoms with Gasteiger partial charge in [0.15, 0.2) is 0 Å². The summed E-state index contributed by atoms with van der Waals surface area (Å²) in [6, 6.07) is 15.9. The minimum Gasteiger partial charge on any atom is -0.474 e. The van der Waals surface area contributed by atoms with Gasteiger partial charge in [0.2, 0.25) is 5.90 Å². The molecule has 0 saturated heterocycles. The van der Waals surface area contributed by atoms with Crippen molar-refractivity contribution in [3.63, 3.8) is 0 Å². The first-order chi connectivity index (χ1) is 14.3. The summed E-state index contributed by atoms with van der Waals surface area (Å²) in [4.78, 5) is 9.46. The van der Waals surface area contributed by atoms with E-state index in [-0.39, 0.29) is 6.04 Å². The fraction of sp³-hybridized carbons (Fsp3) is 0.143. The molecule has 0 amide bonds. The standard InChI is InChI=1S/C21H15ClN6O/c22-14-6-7-17-18(8-14)28-15(10-24-26-28)9-19-20(23-12-27(17)19)21-25-16(11-29-21)13-4-2-1-3-5-13/h1-8,10,12,16H,9,11H2/t16-/m0/s1. The van der Waals surface area contributed by atoms with E-state index in [2.05, 4.69) is 32.0 Å². The van der Waals surface area contributed by atoms with Gasteiger partial charge in [-0.25, -0.2) is 14.7 Å². The third-order valence-electron chi connectivity index (χ3n) is 5.30. The second-order valence-electron chi connectivity index (χ2n) is 7.03. The van der Waals surface area contributed by atoms with Crippen LogP contribution < -0.4 is 0 Å². The molecule has 2 aromatic carbocycles. The van der Waals surface area contributed by atoms with E-state index in [4.69, 9.17) is 21.3 Å². The molecular formula is C21H15ClN6O. The topological polar surface area (TPSA) is 70.1 Å². The lowest BCUT2D eigenvalue weighted by Crippen LogP contribution is -2.08. The van der Waals surface area contributed by atoms with Gasteiger partial charge in [-0.2, -0.15) is 0 Å². The van der Waals surface area contributed by atoms with Gasteiger partial charge in [0, 0.05) is 11.4 Å². The predicted molar refractivity (Wildman–Crippen MR) is 108 cm³/mol. The fourth-order valence-corrected chi connectivity index (χ4v) is 4.07. The number of ether oxygens (including phenoxy) is 1. The summed E-state index contributed by atoms with van der Waals surface area (Å²) in [7, 11) is 0. The highest BCUT2D eigenvalue weighted by molar-refractivity contribution is 6.30. The van der Waals surface area contributed by atoms with E-state index < -0.39 is 0 Å². The van der Waals surface area contributed by atoms with Crippen molar-refractivity contribution in [2.75, 3.05) is 6.61 Å². The third-order valence-corrected chi connectivity index (χ3v) is 5.53. The van der Waals surface area contributed by atoms with Gasteiger partial charge in [-0.1, -0.05) is 47.1 Å². The number of nitrogens with zero attached hydrogens (tertiary/aromatic N) is 6. The molecule has 0 fully saturated rings. The highest BCUT2D eigenvalue weighted by Crippen LogP contribution is 2.32. The molecule has 0 unspecified atom stereocenters. The molecule has 29 heavy (non-hydrogen) atoms. The van der Waals surface area contributed by atoms with Crippen molar-refractivity contribution in [2.24, 2.45) is 4.99 Å². The van der Waals surface area contributed by atoms with Crippen LogP contribution in [0.3, 0.4) is 0 Å². The van der Waals surface area contributed by atoms with Gasteiger partial charge in [-0.05, 0) is 23.8 Å². The zero-order chi connectivity index (χ0) is 19.4. The molecule has 6 rings (SSSR count). The van der Waals surface area contributed by atoms with Gasteiger partial charge < -0.3 is 4.74 Å². The molecule has 4 aromatic rings. The summed E-state index contributed by atoms with van der Waals surface area (Å²) >= 11 is 6.25. The summed E-state index contributed by atoms with van der Waals surface area (Å²) in [5, 5.41) is 8.98. The average Bonchev–Trinajstić information content (AvgIpc) is 3.48. The van der Waals surface area contributed by atoms with Crippen LogP contribution in [0.25, 0.3) is 11.4 Å². The van der Waals surface area contributed by atoms with E-state index in [0.29, 0.717) is 23.9 Å². The first-order valence-electron chi connectivity index (χ1n) is 9.30. The maximum atomic E-state index is 6.25. The van der Waals surface area contributed by atoms with Crippen molar-refractivity contribution >= 4 is 17.5 Å². The molecule has 0 saturated carbocycles. The van der Waals surface area contributed by atoms with Gasteiger partial charge in [-0.3, -0.25) is 4.57 Å². The second-order valence-corrected chi connectivity index (χ2v) is 7.47. The number of imidazole rings is 1. The quantitative estimate of drug-likeness (QED) is 0.453. The summed E-state index contributed by atoms with van der Waals surface area (Å²) in [6.45, 7) is 0.511. The highest BCUT2D eigenvalue weighted by atomic mass is 35.5. The molecule has 0 spiro atoms. The number of rotatable bonds is 2. The van der Waals surface area contributed by atoms with Crippen molar-refractivity contribution in [2.45, 2.75) is 12.5 Å². The average molecular weight is 403 g/mol. The third kappa shape index (κ3) is 2.58. The molecule has 4 heterocycles. The molecule has 2 aliphatic heterocycles. The lowest BCUT2D eigenvalue weighted by Gasteiger charge is -2.10. The Balaban J connectivity index is 1.48. The fourth-order valence-electron chi connectivity index (χ4n) is 3.90. The van der Waals surface area contributed by atoms with Gasteiger partial charge >= 0.3 is 0 Å². The number of aliphatic imine (C=N–C) groups is 1. The summed E-state index contributed by atoms with van der Waals surface area (Å²) in [5.41, 5.74) is 5.62. The molecule has 0 bridgehead atoms. The zero-order valence-corrected chi connectivity index (χ0v) is 16.0. The van der Waals surface area contributed by atoms with Gasteiger partial charge in [0.1, 0.15) is 24.7 Å². The van der Waals surface area contributed by atoms with E-state index in [9.17, 15) is 0 Å². The normalized spacial score (nSPS) is 17.0. The summed E-state index contributed by atoms with van der Waals surface area (Å²) in [5.74, 6) is 0.573. The maximum Gasteiger partial charge on any atom is 0.238 e. The first-order valence-corrected chi connectivity index (χ1v) is 9.68. The van der Waals surface area contributed by atoms with Gasteiger partial charge in [-0.15, -0.1) is 5.10 Å². The lowest BCUT2D eigenvalue weighted by atomic mass is 10.1. The molecule has 2 aliphatic rings. The van der Waals surface area contributed by atoms with E-state index in [1.54, 1.807) is 12.5 Å². The first kappa shape index (κ1) is 16.5. The number of aromatic nitrogens is 5. The van der Waals surface area contributed by atoms with Crippen LogP contribution in [-0.2, 0) is 11.2 Å². The Morgan fingerprint density at radius 1 is 1.07 bits per heavy atom. The molecule has 0 aliphatic carbocycles. The van der Waals surface area contributed by atoms with E-state index >= 15 is 0 Å². The molecule has 2 aromatic heterocycles. The van der Waals surface area contributed by atoms with Crippen LogP contribution in [-0.4, -0.2) is 37.0 Å². The Labute approximate surface area is 171 Å². The molecule has 7 nitrogen and oxygen atoms in total. The number of hydrogen-bond acceptors (Lipinski definition) is 5. The van der Waals surface area contributed by atoms with Gasteiger partial charge in [0.05, 0.1) is 29.0 Å². The highest BCUT2D eigenvalue weighted by Gasteiger charge is 2.29. The van der Waals surface area contributed by atoms with Crippen LogP contribution in [0, 0.1) is 0 Å². The van der Waals surface area contributed by atoms with Gasteiger partial charge in [0.25, 0.3) is 0 Å². The van der Waals surface area contributed by atoms with Crippen molar-refractivity contribution in [3.05, 3.63) is 88.7 Å². The monoisotopic (exact) mass is 402 g/mol. The second kappa shape index (κ2) is 6.28. The zero-order valence-electron chi connectivity index (χ0n) is 15.2. The molecule has 142 valence electrons. The van der Waals surface area contributed by atoms with Crippen LogP contribution in [0.4, 0.5) is 0 Å². The molecule has 0 N–H and O–H groups in total. The van der Waals surface area contributed by atoms with E-state index in [0.717, 1.165) is 34.0 Å². The van der Waals surface area contributed by atoms with Crippen molar-refractivity contribution in [1.82, 2.24) is 24.5 Å². The Morgan fingerprint density at radius 3 is 2.86 bits per heavy atom. The molecule has 8 heteroatoms. The Kier molecular flexibility index (Phi) is 3.57. The SMILES string of the molecule is Clc1ccc2c(c1)-n1nncc1Cc1c(C3=N[C@H](c4ccccc4)CO3)ncn1-2. The summed E-state index contributed by atoms with van der Waals surface area (Å²) < 4.78 is 9.84. The summed E-state index contributed by atoms with van der Waals surface area (Å²) in [6.07, 6.45) is 4.17. The molecule has 0 radical (unpaired) electrons. The number of fused-ring (bicyclic) bond motifs is 5. The molecular weight excluding hydrogens is 388 g/mol. The number of benzene rings is 2. The van der Waals surface area contributed by atoms with Crippen LogP contribution in [0.1, 0.15) is 28.7 Å². The van der Waals surface area contributed by atoms with Crippen LogP contribution in [0.15, 0.2) is 66.0 Å². The smallest absolute Gasteiger partial charge is 0.238 e. The van der Waals surface area contributed by atoms with Crippen LogP contribution in [0.2, 0.25) is 5.02 Å². The Morgan fingerprint density at radius 2 is 1.97 bits per heavy atom. The number of halogens is 1. The molecule has 1 atom stereocenters. The largest absolute Gasteiger partial charge is 0.474 e. The van der Waals surface area contributed by atoms with Crippen molar-refractivity contribution < 1.29 is 4.74 Å². The van der Waals surface area contributed by atoms with Crippen molar-refractivity contribution in [1.29, 1.82) is 0 Å². The van der Waals surface area contributed by atoms with E-state index in [1.807, 2.05) is 41.1 Å². The van der Waals surface area contributed by atoms with Crippen LogP contribution >= 0.6 is 11.6 Å². The Bertz CT molecular complexity index is 1260. The predicted octanol–water partition coefficient (Wildman–Crippen LogP) is 3.53. The Hall–Kier alpha value is -3.45. The minimum absolute atomic E-state index is 0.0207. The number of hydrogen-bond donors (Lipinski definition) is 0. The maximum absolute atomic E-state index is 6.25. The lowest BCUT2D eigenvalue weighted by molar-refractivity contribution is 0.319. The van der Waals surface area contributed by atoms with Crippen molar-refractivity contribution in [3.8, 4) is 11.4 Å². The van der Waals surface area contributed by atoms with E-state index in [1.165, 1.54) is 0 Å². The minimum atomic E-state index is -0.0207. The van der Waals surface area contributed by atoms with Crippen LogP contribution in [0.5, 0.6) is 0 Å².